The van der Waals surface area contributed by atoms with Gasteiger partial charge in [0.2, 0.25) is 11.9 Å². The lowest BCUT2D eigenvalue weighted by Crippen LogP contribution is -2.56. The smallest absolute Gasteiger partial charge is 0.239 e. The van der Waals surface area contributed by atoms with Gasteiger partial charge in [0.15, 0.2) is 21.4 Å². The molecule has 2 aromatic heterocycles. The molecule has 0 amide bonds. The zero-order valence-corrected chi connectivity index (χ0v) is 18.0. The molecule has 1 saturated heterocycles. The molecule has 1 fully saturated rings. The molecular formula is C18H26N6O4S. The van der Waals surface area contributed by atoms with E-state index in [-0.39, 0.29) is 12.1 Å². The normalized spacial score (nSPS) is 21.9. The maximum absolute atomic E-state index is 12.6. The average Bonchev–Trinajstić information content (AvgIpc) is 3.14. The number of rotatable bonds is 4. The molecule has 4 heterocycles. The molecule has 2 aromatic rings. The van der Waals surface area contributed by atoms with E-state index in [2.05, 4.69) is 27.1 Å². The average molecular weight is 423 g/mol. The Kier molecular flexibility index (Phi) is 4.69. The van der Waals surface area contributed by atoms with Gasteiger partial charge in [-0.05, 0) is 20.8 Å². The predicted molar refractivity (Wildman–Crippen MR) is 109 cm³/mol. The second-order valence-corrected chi connectivity index (χ2v) is 10.5. The Morgan fingerprint density at radius 3 is 2.69 bits per heavy atom. The number of fused-ring (bicyclic) bond motifs is 3. The van der Waals surface area contributed by atoms with Crippen LogP contribution in [0, 0.1) is 0 Å². The van der Waals surface area contributed by atoms with E-state index in [1.807, 2.05) is 0 Å². The topological polar surface area (TPSA) is 111 Å². The van der Waals surface area contributed by atoms with Crippen molar-refractivity contribution in [2.75, 3.05) is 43.3 Å². The largest absolute Gasteiger partial charge is 0.486 e. The molecule has 0 aliphatic carbocycles. The maximum atomic E-state index is 12.6. The van der Waals surface area contributed by atoms with Gasteiger partial charge in [-0.25, -0.2) is 18.4 Å². The first-order valence-electron chi connectivity index (χ1n) is 9.47. The van der Waals surface area contributed by atoms with Gasteiger partial charge in [0.1, 0.15) is 17.0 Å². The fourth-order valence-corrected chi connectivity index (χ4v) is 4.15. The summed E-state index contributed by atoms with van der Waals surface area (Å²) in [6, 6.07) is 0.0784. The van der Waals surface area contributed by atoms with Crippen LogP contribution in [0.5, 0.6) is 5.75 Å². The Hall–Kier alpha value is -2.40. The summed E-state index contributed by atoms with van der Waals surface area (Å²) in [5.41, 5.74) is 0.341. The van der Waals surface area contributed by atoms with Gasteiger partial charge in [0.25, 0.3) is 0 Å². The van der Waals surface area contributed by atoms with E-state index in [0.717, 1.165) is 0 Å². The summed E-state index contributed by atoms with van der Waals surface area (Å²) in [5, 5.41) is 3.00. The highest BCUT2D eigenvalue weighted by Gasteiger charge is 2.44. The summed E-state index contributed by atoms with van der Waals surface area (Å²) in [4.78, 5) is 15.8. The van der Waals surface area contributed by atoms with Crippen molar-refractivity contribution in [2.45, 2.75) is 37.6 Å². The number of hydrogen-bond acceptors (Lipinski definition) is 9. The van der Waals surface area contributed by atoms with Crippen LogP contribution in [0.25, 0.3) is 5.95 Å². The van der Waals surface area contributed by atoms with Crippen molar-refractivity contribution in [3.05, 3.63) is 18.1 Å². The fourth-order valence-electron chi connectivity index (χ4n) is 3.66. The van der Waals surface area contributed by atoms with Crippen LogP contribution in [0.2, 0.25) is 0 Å². The first kappa shape index (κ1) is 19.9. The number of morpholine rings is 1. The van der Waals surface area contributed by atoms with E-state index in [0.29, 0.717) is 49.0 Å². The minimum Gasteiger partial charge on any atom is -0.486 e. The Morgan fingerprint density at radius 2 is 2.00 bits per heavy atom. The van der Waals surface area contributed by atoms with Crippen LogP contribution >= 0.6 is 0 Å². The molecule has 1 N–H and O–H groups in total. The van der Waals surface area contributed by atoms with Gasteiger partial charge in [-0.15, -0.1) is 0 Å². The van der Waals surface area contributed by atoms with E-state index < -0.39 is 14.6 Å². The summed E-state index contributed by atoms with van der Waals surface area (Å²) in [5.74, 6) is 1.89. The van der Waals surface area contributed by atoms with Gasteiger partial charge in [-0.2, -0.15) is 4.98 Å². The molecule has 10 nitrogen and oxygen atoms in total. The lowest BCUT2D eigenvalue weighted by molar-refractivity contribution is 0.0482. The van der Waals surface area contributed by atoms with E-state index in [1.54, 1.807) is 37.9 Å². The highest BCUT2D eigenvalue weighted by molar-refractivity contribution is 7.91. The third kappa shape index (κ3) is 3.12. The quantitative estimate of drug-likeness (QED) is 0.770. The van der Waals surface area contributed by atoms with Crippen molar-refractivity contribution in [3.8, 4) is 11.7 Å². The first-order chi connectivity index (χ1) is 13.6. The monoisotopic (exact) mass is 422 g/mol. The van der Waals surface area contributed by atoms with Crippen molar-refractivity contribution in [1.82, 2.24) is 19.5 Å². The standard InChI is InChI=1S/C18H26N6O4S/c1-11-8-27-9-12-10-28-13-14(18(2,3)29(5,25)26)21-17(22-15(13)24(11)12)23-7-6-20-16(23)19-4/h6-7,11-12H,8-10H2,1-5H3,(H,19,20)/t11-,12?/m1/s1. The van der Waals surface area contributed by atoms with Crippen LogP contribution in [0.1, 0.15) is 26.5 Å². The zero-order valence-electron chi connectivity index (χ0n) is 17.2. The number of imidazole rings is 1. The Morgan fingerprint density at radius 1 is 1.24 bits per heavy atom. The van der Waals surface area contributed by atoms with Gasteiger partial charge >= 0.3 is 0 Å². The van der Waals surface area contributed by atoms with Gasteiger partial charge in [0, 0.05) is 25.7 Å². The number of nitrogens with one attached hydrogen (secondary N) is 1. The molecule has 2 atom stereocenters. The first-order valence-corrected chi connectivity index (χ1v) is 11.4. The van der Waals surface area contributed by atoms with E-state index in [4.69, 9.17) is 14.5 Å². The molecule has 0 saturated carbocycles. The molecule has 1 unspecified atom stereocenters. The van der Waals surface area contributed by atoms with E-state index in [9.17, 15) is 8.42 Å². The van der Waals surface area contributed by atoms with Crippen molar-refractivity contribution in [2.24, 2.45) is 0 Å². The molecule has 11 heteroatoms. The molecule has 2 aliphatic heterocycles. The molecule has 0 bridgehead atoms. The molecule has 4 rings (SSSR count). The third-order valence-corrected chi connectivity index (χ3v) is 7.66. The molecule has 2 aliphatic rings. The van der Waals surface area contributed by atoms with Gasteiger partial charge in [0.05, 0.1) is 25.3 Å². The number of sulfone groups is 1. The van der Waals surface area contributed by atoms with Crippen LogP contribution in [0.15, 0.2) is 12.4 Å². The van der Waals surface area contributed by atoms with Gasteiger partial charge in [-0.1, -0.05) is 0 Å². The molecular weight excluding hydrogens is 396 g/mol. The lowest BCUT2D eigenvalue weighted by atomic mass is 10.0. The van der Waals surface area contributed by atoms with Crippen LogP contribution in [0.3, 0.4) is 0 Å². The molecule has 0 spiro atoms. The molecule has 29 heavy (non-hydrogen) atoms. The fraction of sp³-hybridized carbons (Fsp3) is 0.611. The lowest BCUT2D eigenvalue weighted by Gasteiger charge is -2.45. The third-order valence-electron chi connectivity index (χ3n) is 5.62. The number of aromatic nitrogens is 4. The highest BCUT2D eigenvalue weighted by Crippen LogP contribution is 2.43. The van der Waals surface area contributed by atoms with Crippen LogP contribution in [-0.4, -0.2) is 73.1 Å². The van der Waals surface area contributed by atoms with Crippen LogP contribution < -0.4 is 15.0 Å². The van der Waals surface area contributed by atoms with E-state index in [1.165, 1.54) is 6.26 Å². The highest BCUT2D eigenvalue weighted by atomic mass is 32.2. The van der Waals surface area contributed by atoms with Crippen LogP contribution in [-0.2, 0) is 19.3 Å². The summed E-state index contributed by atoms with van der Waals surface area (Å²) in [6.45, 7) is 6.81. The second-order valence-electron chi connectivity index (χ2n) is 7.94. The number of hydrogen-bond donors (Lipinski definition) is 1. The Balaban J connectivity index is 1.99. The molecule has 0 radical (unpaired) electrons. The van der Waals surface area contributed by atoms with Crippen molar-refractivity contribution in [3.63, 3.8) is 0 Å². The second kappa shape index (κ2) is 6.84. The van der Waals surface area contributed by atoms with Gasteiger partial charge in [-0.3, -0.25) is 4.57 Å². The van der Waals surface area contributed by atoms with Crippen LogP contribution in [0.4, 0.5) is 11.8 Å². The summed E-state index contributed by atoms with van der Waals surface area (Å²) < 4.78 is 37.4. The van der Waals surface area contributed by atoms with Gasteiger partial charge < -0.3 is 19.7 Å². The molecule has 0 aromatic carbocycles. The van der Waals surface area contributed by atoms with Crippen molar-refractivity contribution < 1.29 is 17.9 Å². The van der Waals surface area contributed by atoms with Crippen molar-refractivity contribution >= 4 is 21.6 Å². The minimum atomic E-state index is -3.49. The summed E-state index contributed by atoms with van der Waals surface area (Å²) in [7, 11) is -1.74. The summed E-state index contributed by atoms with van der Waals surface area (Å²) in [6.07, 6.45) is 4.57. The SMILES string of the molecule is CNc1nccn1-c1nc2c(c(C(C)(C)S(C)(=O)=O)n1)OCC1COC[C@@H](C)N21. The Bertz CT molecular complexity index is 1030. The zero-order chi connectivity index (χ0) is 21.0. The minimum absolute atomic E-state index is 0.00903. The maximum Gasteiger partial charge on any atom is 0.239 e. The Labute approximate surface area is 170 Å². The van der Waals surface area contributed by atoms with E-state index >= 15 is 0 Å². The molecule has 158 valence electrons. The number of ether oxygens (including phenoxy) is 2. The number of nitrogens with zero attached hydrogens (tertiary/aromatic N) is 5. The predicted octanol–water partition coefficient (Wildman–Crippen LogP) is 0.970. The number of anilines is 2. The van der Waals surface area contributed by atoms with Crippen molar-refractivity contribution in [1.29, 1.82) is 0 Å². The summed E-state index contributed by atoms with van der Waals surface area (Å²) >= 11 is 0.